The SMILES string of the molecule is Cc1oc(-c2cccs2)nc1C(=O)Nc1sc2c(c1C#N)CCCCC2. The average molecular weight is 383 g/mol. The Morgan fingerprint density at radius 1 is 1.35 bits per heavy atom. The average Bonchev–Trinajstić information content (AvgIpc) is 3.31. The lowest BCUT2D eigenvalue weighted by Gasteiger charge is -2.02. The van der Waals surface area contributed by atoms with E-state index in [4.69, 9.17) is 4.42 Å². The van der Waals surface area contributed by atoms with Crippen molar-refractivity contribution in [3.63, 3.8) is 0 Å². The number of amides is 1. The lowest BCUT2D eigenvalue weighted by atomic mass is 10.1. The molecule has 1 amide bonds. The van der Waals surface area contributed by atoms with E-state index in [-0.39, 0.29) is 11.6 Å². The molecule has 0 saturated heterocycles. The number of carbonyl (C=O) groups excluding carboxylic acids is 1. The van der Waals surface area contributed by atoms with Gasteiger partial charge in [0, 0.05) is 4.88 Å². The first-order valence-corrected chi connectivity index (χ1v) is 10.2. The number of oxazole rings is 1. The van der Waals surface area contributed by atoms with E-state index in [9.17, 15) is 10.1 Å². The van der Waals surface area contributed by atoms with Crippen LogP contribution in [0.1, 0.15) is 51.5 Å². The summed E-state index contributed by atoms with van der Waals surface area (Å²) >= 11 is 3.03. The molecule has 0 fully saturated rings. The quantitative estimate of drug-likeness (QED) is 0.633. The third-order valence-corrected chi connectivity index (χ3v) is 6.57. The van der Waals surface area contributed by atoms with Crippen molar-refractivity contribution in [3.8, 4) is 16.8 Å². The second-order valence-electron chi connectivity index (χ2n) is 6.24. The number of hydrogen-bond acceptors (Lipinski definition) is 6. The molecule has 7 heteroatoms. The van der Waals surface area contributed by atoms with Gasteiger partial charge in [0.2, 0.25) is 5.89 Å². The number of rotatable bonds is 3. The number of fused-ring (bicyclic) bond motifs is 1. The molecule has 0 atom stereocenters. The maximum atomic E-state index is 12.7. The number of anilines is 1. The molecule has 26 heavy (non-hydrogen) atoms. The molecule has 0 aliphatic heterocycles. The molecule has 1 aliphatic carbocycles. The number of nitrogens with zero attached hydrogens (tertiary/aromatic N) is 2. The van der Waals surface area contributed by atoms with Gasteiger partial charge < -0.3 is 9.73 Å². The molecule has 0 aromatic carbocycles. The zero-order valence-corrected chi connectivity index (χ0v) is 15.9. The van der Waals surface area contributed by atoms with Crippen molar-refractivity contribution in [1.29, 1.82) is 5.26 Å². The van der Waals surface area contributed by atoms with E-state index in [1.807, 2.05) is 17.5 Å². The van der Waals surface area contributed by atoms with E-state index >= 15 is 0 Å². The Bertz CT molecular complexity index is 993. The fourth-order valence-corrected chi connectivity index (χ4v) is 5.11. The van der Waals surface area contributed by atoms with Crippen LogP contribution in [0, 0.1) is 18.3 Å². The Morgan fingerprint density at radius 3 is 2.96 bits per heavy atom. The number of aromatic nitrogens is 1. The van der Waals surface area contributed by atoms with Crippen LogP contribution in [0.25, 0.3) is 10.8 Å². The highest BCUT2D eigenvalue weighted by Crippen LogP contribution is 2.37. The van der Waals surface area contributed by atoms with Crippen LogP contribution in [-0.4, -0.2) is 10.9 Å². The fourth-order valence-electron chi connectivity index (χ4n) is 3.22. The van der Waals surface area contributed by atoms with E-state index in [2.05, 4.69) is 16.4 Å². The predicted molar refractivity (Wildman–Crippen MR) is 103 cm³/mol. The smallest absolute Gasteiger partial charge is 0.278 e. The van der Waals surface area contributed by atoms with Crippen LogP contribution >= 0.6 is 22.7 Å². The Morgan fingerprint density at radius 2 is 2.19 bits per heavy atom. The number of nitriles is 1. The molecule has 3 aromatic heterocycles. The molecule has 5 nitrogen and oxygen atoms in total. The maximum absolute atomic E-state index is 12.7. The van der Waals surface area contributed by atoms with Gasteiger partial charge in [-0.2, -0.15) is 5.26 Å². The van der Waals surface area contributed by atoms with Crippen LogP contribution in [0.4, 0.5) is 5.00 Å². The number of hydrogen-bond donors (Lipinski definition) is 1. The number of aryl methyl sites for hydroxylation is 2. The maximum Gasteiger partial charge on any atom is 0.278 e. The molecule has 0 bridgehead atoms. The topological polar surface area (TPSA) is 78.9 Å². The monoisotopic (exact) mass is 383 g/mol. The van der Waals surface area contributed by atoms with Gasteiger partial charge in [-0.25, -0.2) is 4.98 Å². The highest BCUT2D eigenvalue weighted by atomic mass is 32.1. The van der Waals surface area contributed by atoms with E-state index in [1.54, 1.807) is 6.92 Å². The molecular formula is C19H17N3O2S2. The Balaban J connectivity index is 1.62. The second-order valence-corrected chi connectivity index (χ2v) is 8.29. The van der Waals surface area contributed by atoms with Gasteiger partial charge in [0.1, 0.15) is 16.8 Å². The molecule has 1 aliphatic rings. The Labute approximate surface area is 159 Å². The van der Waals surface area contributed by atoms with Crippen molar-refractivity contribution in [2.75, 3.05) is 5.32 Å². The van der Waals surface area contributed by atoms with E-state index in [0.717, 1.165) is 36.1 Å². The summed E-state index contributed by atoms with van der Waals surface area (Å²) in [6.07, 6.45) is 5.32. The van der Waals surface area contributed by atoms with Crippen molar-refractivity contribution < 1.29 is 9.21 Å². The number of carbonyl (C=O) groups is 1. The van der Waals surface area contributed by atoms with Crippen molar-refractivity contribution in [1.82, 2.24) is 4.98 Å². The van der Waals surface area contributed by atoms with Crippen LogP contribution in [0.5, 0.6) is 0 Å². The van der Waals surface area contributed by atoms with Crippen LogP contribution in [0.15, 0.2) is 21.9 Å². The van der Waals surface area contributed by atoms with Gasteiger partial charge in [-0.3, -0.25) is 4.79 Å². The van der Waals surface area contributed by atoms with Gasteiger partial charge in [0.05, 0.1) is 10.4 Å². The molecule has 3 aromatic rings. The van der Waals surface area contributed by atoms with Gasteiger partial charge in [0.15, 0.2) is 5.69 Å². The van der Waals surface area contributed by atoms with Crippen molar-refractivity contribution in [3.05, 3.63) is 45.0 Å². The molecule has 4 rings (SSSR count). The van der Waals surface area contributed by atoms with E-state index in [0.29, 0.717) is 22.2 Å². The molecule has 0 radical (unpaired) electrons. The van der Waals surface area contributed by atoms with Crippen LogP contribution in [-0.2, 0) is 12.8 Å². The third-order valence-electron chi connectivity index (χ3n) is 4.50. The lowest BCUT2D eigenvalue weighted by molar-refractivity contribution is 0.102. The van der Waals surface area contributed by atoms with Crippen molar-refractivity contribution in [2.45, 2.75) is 39.0 Å². The molecule has 0 saturated carbocycles. The molecule has 132 valence electrons. The second kappa shape index (κ2) is 7.06. The van der Waals surface area contributed by atoms with Crippen LogP contribution in [0.2, 0.25) is 0 Å². The van der Waals surface area contributed by atoms with Gasteiger partial charge >= 0.3 is 0 Å². The molecule has 0 unspecified atom stereocenters. The molecule has 1 N–H and O–H groups in total. The Hall–Kier alpha value is -2.43. The van der Waals surface area contributed by atoms with Crippen molar-refractivity contribution in [2.24, 2.45) is 0 Å². The summed E-state index contributed by atoms with van der Waals surface area (Å²) in [5.41, 5.74) is 1.99. The molecular weight excluding hydrogens is 366 g/mol. The third kappa shape index (κ3) is 3.06. The number of nitrogens with one attached hydrogen (secondary N) is 1. The summed E-state index contributed by atoms with van der Waals surface area (Å²) in [7, 11) is 0. The first-order chi connectivity index (χ1) is 12.7. The zero-order valence-electron chi connectivity index (χ0n) is 14.3. The highest BCUT2D eigenvalue weighted by molar-refractivity contribution is 7.16. The van der Waals surface area contributed by atoms with Crippen LogP contribution in [0.3, 0.4) is 0 Å². The van der Waals surface area contributed by atoms with E-state index < -0.39 is 0 Å². The van der Waals surface area contributed by atoms with Crippen molar-refractivity contribution >= 4 is 33.6 Å². The number of thiophene rings is 2. The normalized spacial score (nSPS) is 13.7. The minimum atomic E-state index is -0.332. The molecule has 3 heterocycles. The minimum absolute atomic E-state index is 0.265. The van der Waals surface area contributed by atoms with E-state index in [1.165, 1.54) is 34.0 Å². The largest absolute Gasteiger partial charge is 0.440 e. The lowest BCUT2D eigenvalue weighted by Crippen LogP contribution is -2.13. The summed E-state index contributed by atoms with van der Waals surface area (Å²) in [6, 6.07) is 6.10. The highest BCUT2D eigenvalue weighted by Gasteiger charge is 2.24. The first kappa shape index (κ1) is 17.0. The summed E-state index contributed by atoms with van der Waals surface area (Å²) < 4.78 is 5.65. The standard InChI is InChI=1S/C19H17N3O2S2/c1-11-16(21-18(24-11)15-8-5-9-25-15)17(23)22-19-13(10-20)12-6-3-2-4-7-14(12)26-19/h5,8-9H,2-4,6-7H2,1H3,(H,22,23). The minimum Gasteiger partial charge on any atom is -0.440 e. The molecule has 0 spiro atoms. The predicted octanol–water partition coefficient (Wildman–Crippen LogP) is 5.17. The zero-order chi connectivity index (χ0) is 18.1. The van der Waals surface area contributed by atoms with Gasteiger partial charge in [-0.1, -0.05) is 12.5 Å². The van der Waals surface area contributed by atoms with Gasteiger partial charge in [0.25, 0.3) is 5.91 Å². The summed E-state index contributed by atoms with van der Waals surface area (Å²) in [4.78, 5) is 19.2. The van der Waals surface area contributed by atoms with Gasteiger partial charge in [-0.15, -0.1) is 22.7 Å². The Kier molecular flexibility index (Phi) is 4.62. The van der Waals surface area contributed by atoms with Gasteiger partial charge in [-0.05, 0) is 49.6 Å². The first-order valence-electron chi connectivity index (χ1n) is 8.54. The van der Waals surface area contributed by atoms with Crippen LogP contribution < -0.4 is 5.32 Å². The summed E-state index contributed by atoms with van der Waals surface area (Å²) in [6.45, 7) is 1.73. The fraction of sp³-hybridized carbons (Fsp3) is 0.316. The summed E-state index contributed by atoms with van der Waals surface area (Å²) in [5.74, 6) is 0.592. The summed E-state index contributed by atoms with van der Waals surface area (Å²) in [5, 5.41) is 15.1.